The van der Waals surface area contributed by atoms with Gasteiger partial charge in [-0.3, -0.25) is 0 Å². The fourth-order valence-electron chi connectivity index (χ4n) is 3.69. The van der Waals surface area contributed by atoms with Gasteiger partial charge < -0.3 is 59.1 Å². The van der Waals surface area contributed by atoms with Crippen LogP contribution < -0.4 is 14.2 Å². The number of rotatable bonds is 8. The van der Waals surface area contributed by atoms with Gasteiger partial charge in [0.2, 0.25) is 12.0 Å². The number of benzene rings is 1. The van der Waals surface area contributed by atoms with Crippen LogP contribution in [0.2, 0.25) is 0 Å². The van der Waals surface area contributed by atoms with Crippen LogP contribution in [0.3, 0.4) is 0 Å². The molecule has 9 atom stereocenters. The molecule has 1 aromatic carbocycles. The van der Waals surface area contributed by atoms with Crippen LogP contribution in [-0.2, 0) is 14.2 Å². The van der Waals surface area contributed by atoms with Crippen LogP contribution in [0.15, 0.2) is 18.2 Å². The van der Waals surface area contributed by atoms with Gasteiger partial charge in [0.25, 0.3) is 0 Å². The number of hydrogen-bond acceptors (Lipinski definition) is 12. The van der Waals surface area contributed by atoms with Crippen molar-refractivity contribution in [3.8, 4) is 17.2 Å². The topological polar surface area (TPSA) is 177 Å². The number of allylic oxidation sites excluding steroid dienone is 1. The molecule has 0 aromatic heterocycles. The maximum absolute atomic E-state index is 10.5. The summed E-state index contributed by atoms with van der Waals surface area (Å²) in [6.07, 6.45) is -9.46. The first-order chi connectivity index (χ1) is 16.2. The van der Waals surface area contributed by atoms with Crippen molar-refractivity contribution in [2.75, 3.05) is 27.4 Å². The summed E-state index contributed by atoms with van der Waals surface area (Å²) < 4.78 is 32.8. The van der Waals surface area contributed by atoms with Gasteiger partial charge in [0.05, 0.1) is 27.4 Å². The van der Waals surface area contributed by atoms with Crippen LogP contribution in [0, 0.1) is 0 Å². The minimum absolute atomic E-state index is 0.105. The Labute approximate surface area is 196 Å². The van der Waals surface area contributed by atoms with Crippen molar-refractivity contribution >= 4 is 6.08 Å². The van der Waals surface area contributed by atoms with Crippen molar-refractivity contribution in [3.05, 3.63) is 23.8 Å². The van der Waals surface area contributed by atoms with E-state index in [-0.39, 0.29) is 23.9 Å². The molecule has 0 amide bonds. The first-order valence-electron chi connectivity index (χ1n) is 10.7. The fraction of sp³-hybridized carbons (Fsp3) is 0.636. The summed E-state index contributed by atoms with van der Waals surface area (Å²) in [5.41, 5.74) is 0.772. The maximum atomic E-state index is 10.5. The Bertz CT molecular complexity index is 807. The van der Waals surface area contributed by atoms with E-state index >= 15 is 0 Å². The lowest BCUT2D eigenvalue weighted by atomic mass is 9.99. The standard InChI is InChI=1S/C22H32O12/c1-4-5-10-6-12(29-2)20(13(7-10)30-3)34-22-19(28)17(26)16(25)14(33-22)9-32-21-18(27)15(24)11(23)8-31-21/h4-7,11,14-19,21-28H,8-9H2,1-3H3. The number of hydrogen-bond donors (Lipinski definition) is 6. The summed E-state index contributed by atoms with van der Waals surface area (Å²) in [7, 11) is 2.85. The normalized spacial score (nSPS) is 36.4. The highest BCUT2D eigenvalue weighted by molar-refractivity contribution is 5.62. The molecule has 2 fully saturated rings. The van der Waals surface area contributed by atoms with Gasteiger partial charge in [-0.05, 0) is 24.6 Å². The van der Waals surface area contributed by atoms with Gasteiger partial charge in [-0.25, -0.2) is 0 Å². The first kappa shape index (κ1) is 26.6. The van der Waals surface area contributed by atoms with Gasteiger partial charge in [0, 0.05) is 0 Å². The lowest BCUT2D eigenvalue weighted by Gasteiger charge is -2.41. The third-order valence-electron chi connectivity index (χ3n) is 5.62. The van der Waals surface area contributed by atoms with Crippen molar-refractivity contribution in [2.45, 2.75) is 62.2 Å². The molecule has 2 aliphatic heterocycles. The van der Waals surface area contributed by atoms with Crippen molar-refractivity contribution in [3.63, 3.8) is 0 Å². The van der Waals surface area contributed by atoms with Gasteiger partial charge in [0.15, 0.2) is 17.8 Å². The molecule has 192 valence electrons. The molecule has 3 rings (SSSR count). The Morgan fingerprint density at radius 2 is 1.50 bits per heavy atom. The molecule has 0 spiro atoms. The summed E-state index contributed by atoms with van der Waals surface area (Å²) in [6.45, 7) is 1.18. The van der Waals surface area contributed by atoms with Crippen LogP contribution in [0.5, 0.6) is 17.2 Å². The molecule has 0 aliphatic carbocycles. The van der Waals surface area contributed by atoms with E-state index in [0.717, 1.165) is 5.56 Å². The zero-order chi connectivity index (χ0) is 25.0. The molecule has 0 bridgehead atoms. The van der Waals surface area contributed by atoms with Crippen LogP contribution in [0.1, 0.15) is 12.5 Å². The second kappa shape index (κ2) is 11.6. The third-order valence-corrected chi connectivity index (χ3v) is 5.62. The molecule has 1 aromatic rings. The summed E-state index contributed by atoms with van der Waals surface area (Å²) in [4.78, 5) is 0. The van der Waals surface area contributed by atoms with Gasteiger partial charge in [-0.15, -0.1) is 0 Å². The average Bonchev–Trinajstić information content (AvgIpc) is 2.83. The smallest absolute Gasteiger partial charge is 0.229 e. The van der Waals surface area contributed by atoms with Gasteiger partial charge in [-0.1, -0.05) is 12.2 Å². The molecular weight excluding hydrogens is 456 g/mol. The number of aliphatic hydroxyl groups excluding tert-OH is 6. The highest BCUT2D eigenvalue weighted by Crippen LogP contribution is 2.41. The van der Waals surface area contributed by atoms with Crippen LogP contribution in [-0.4, -0.2) is 113 Å². The Kier molecular flexibility index (Phi) is 9.09. The van der Waals surface area contributed by atoms with Gasteiger partial charge >= 0.3 is 0 Å². The molecule has 9 unspecified atom stereocenters. The van der Waals surface area contributed by atoms with Crippen molar-refractivity contribution in [2.24, 2.45) is 0 Å². The largest absolute Gasteiger partial charge is 0.493 e. The monoisotopic (exact) mass is 488 g/mol. The second-order valence-electron chi connectivity index (χ2n) is 7.97. The van der Waals surface area contributed by atoms with E-state index in [1.807, 2.05) is 19.1 Å². The Hall–Kier alpha value is -2.00. The summed E-state index contributed by atoms with van der Waals surface area (Å²) in [6, 6.07) is 3.36. The maximum Gasteiger partial charge on any atom is 0.229 e. The second-order valence-corrected chi connectivity index (χ2v) is 7.97. The highest BCUT2D eigenvalue weighted by atomic mass is 16.7. The lowest BCUT2D eigenvalue weighted by Crippen LogP contribution is -2.61. The van der Waals surface area contributed by atoms with Crippen molar-refractivity contribution < 1.29 is 59.1 Å². The number of aliphatic hydroxyl groups is 6. The summed E-state index contributed by atoms with van der Waals surface area (Å²) >= 11 is 0. The molecule has 0 radical (unpaired) electrons. The summed E-state index contributed by atoms with van der Waals surface area (Å²) in [5.74, 6) is 0.666. The van der Waals surface area contributed by atoms with Crippen LogP contribution in [0.4, 0.5) is 0 Å². The average molecular weight is 488 g/mol. The summed E-state index contributed by atoms with van der Waals surface area (Å²) in [5, 5.41) is 60.5. The number of ether oxygens (including phenoxy) is 6. The first-order valence-corrected chi connectivity index (χ1v) is 10.7. The van der Waals surface area contributed by atoms with Crippen LogP contribution >= 0.6 is 0 Å². The SMILES string of the molecule is CC=Cc1cc(OC)c(OC2OC(COC3OCC(O)C(O)C3O)C(O)C(O)C2O)c(OC)c1. The third kappa shape index (κ3) is 5.62. The molecule has 2 heterocycles. The van der Waals surface area contributed by atoms with Gasteiger partial charge in [0.1, 0.15) is 42.7 Å². The Morgan fingerprint density at radius 1 is 0.882 bits per heavy atom. The van der Waals surface area contributed by atoms with Gasteiger partial charge in [-0.2, -0.15) is 0 Å². The van der Waals surface area contributed by atoms with E-state index in [1.54, 1.807) is 12.1 Å². The molecule has 6 N–H and O–H groups in total. The fourth-order valence-corrected chi connectivity index (χ4v) is 3.69. The molecule has 12 nitrogen and oxygen atoms in total. The molecule has 12 heteroatoms. The van der Waals surface area contributed by atoms with E-state index in [4.69, 9.17) is 28.4 Å². The quantitative estimate of drug-likeness (QED) is 0.247. The zero-order valence-electron chi connectivity index (χ0n) is 19.1. The predicted octanol–water partition coefficient (Wildman–Crippen LogP) is -1.62. The van der Waals surface area contributed by atoms with E-state index in [9.17, 15) is 30.6 Å². The lowest BCUT2D eigenvalue weighted by molar-refractivity contribution is -0.307. The Morgan fingerprint density at radius 3 is 2.09 bits per heavy atom. The Balaban J connectivity index is 1.75. The van der Waals surface area contributed by atoms with E-state index < -0.39 is 61.9 Å². The predicted molar refractivity (Wildman–Crippen MR) is 115 cm³/mol. The highest BCUT2D eigenvalue weighted by Gasteiger charge is 2.47. The molecule has 0 saturated carbocycles. The molecule has 2 aliphatic rings. The minimum atomic E-state index is -1.66. The van der Waals surface area contributed by atoms with E-state index in [2.05, 4.69) is 0 Å². The van der Waals surface area contributed by atoms with E-state index in [0.29, 0.717) is 0 Å². The zero-order valence-corrected chi connectivity index (χ0v) is 19.1. The molecule has 2 saturated heterocycles. The van der Waals surface area contributed by atoms with Crippen LogP contribution in [0.25, 0.3) is 6.08 Å². The molecular formula is C22H32O12. The van der Waals surface area contributed by atoms with Crippen molar-refractivity contribution in [1.29, 1.82) is 0 Å². The van der Waals surface area contributed by atoms with Crippen molar-refractivity contribution in [1.82, 2.24) is 0 Å². The minimum Gasteiger partial charge on any atom is -0.493 e. The molecule has 34 heavy (non-hydrogen) atoms. The van der Waals surface area contributed by atoms with E-state index in [1.165, 1.54) is 14.2 Å². The number of methoxy groups -OCH3 is 2.